The third-order valence-corrected chi connectivity index (χ3v) is 3.48. The Kier molecular flexibility index (Phi) is 7.53. The number of carbonyl (C=O) groups excluding carboxylic acids is 3. The molecule has 0 fully saturated rings. The number of ether oxygens (including phenoxy) is 2. The fourth-order valence-electron chi connectivity index (χ4n) is 2.23. The molecule has 0 aliphatic rings. The van der Waals surface area contributed by atoms with E-state index >= 15 is 0 Å². The maximum absolute atomic E-state index is 13.4. The van der Waals surface area contributed by atoms with Crippen LogP contribution >= 0.6 is 0 Å². The van der Waals surface area contributed by atoms with Crippen LogP contribution in [0, 0.1) is 23.3 Å². The van der Waals surface area contributed by atoms with E-state index < -0.39 is 78.2 Å². The molecule has 0 atom stereocenters. The molecule has 28 heavy (non-hydrogen) atoms. The molecule has 2 aromatic rings. The summed E-state index contributed by atoms with van der Waals surface area (Å²) >= 11 is 0. The number of rotatable bonds is 10. The molecule has 0 aromatic heterocycles. The van der Waals surface area contributed by atoms with Crippen molar-refractivity contribution >= 4 is 17.3 Å². The van der Waals surface area contributed by atoms with Crippen molar-refractivity contribution in [1.29, 1.82) is 0 Å². The van der Waals surface area contributed by atoms with Crippen LogP contribution in [-0.4, -0.2) is 43.8 Å². The molecule has 0 heterocycles. The van der Waals surface area contributed by atoms with Gasteiger partial charge in [0.05, 0.1) is 11.1 Å². The van der Waals surface area contributed by atoms with Crippen molar-refractivity contribution in [3.63, 3.8) is 0 Å². The smallest absolute Gasteiger partial charge is 0.194 e. The topological polar surface area (TPSA) is 69.7 Å². The first-order valence-electron chi connectivity index (χ1n) is 7.93. The quantitative estimate of drug-likeness (QED) is 0.455. The Morgan fingerprint density at radius 2 is 0.929 bits per heavy atom. The van der Waals surface area contributed by atoms with Gasteiger partial charge < -0.3 is 9.47 Å². The van der Waals surface area contributed by atoms with Crippen molar-refractivity contribution in [2.75, 3.05) is 26.4 Å². The average Bonchev–Trinajstić information content (AvgIpc) is 2.61. The van der Waals surface area contributed by atoms with Crippen LogP contribution in [0.25, 0.3) is 0 Å². The molecular weight excluding hydrogens is 384 g/mol. The first-order chi connectivity index (χ1) is 13.3. The van der Waals surface area contributed by atoms with Crippen molar-refractivity contribution < 1.29 is 41.4 Å². The van der Waals surface area contributed by atoms with Gasteiger partial charge in [0.15, 0.2) is 17.3 Å². The molecular formula is C19H14F4O5. The van der Waals surface area contributed by atoms with Crippen LogP contribution in [0.3, 0.4) is 0 Å². The van der Waals surface area contributed by atoms with Crippen LogP contribution in [0.4, 0.5) is 17.6 Å². The standard InChI is InChI=1S/C19H14F4O5/c20-12-3-1-4-13(21)18(12)16(25)9-27-7-11(24)8-28-10-17(26)19-14(22)5-2-6-15(19)23/h1-6H,7-10H2. The van der Waals surface area contributed by atoms with Crippen molar-refractivity contribution in [1.82, 2.24) is 0 Å². The zero-order chi connectivity index (χ0) is 20.7. The molecule has 2 aromatic carbocycles. The lowest BCUT2D eigenvalue weighted by atomic mass is 10.1. The Hall–Kier alpha value is -2.91. The fourth-order valence-corrected chi connectivity index (χ4v) is 2.23. The van der Waals surface area contributed by atoms with E-state index in [1.807, 2.05) is 0 Å². The molecule has 0 aliphatic carbocycles. The predicted octanol–water partition coefficient (Wildman–Crippen LogP) is 2.91. The van der Waals surface area contributed by atoms with Crippen molar-refractivity contribution in [2.45, 2.75) is 0 Å². The highest BCUT2D eigenvalue weighted by molar-refractivity contribution is 5.98. The summed E-state index contributed by atoms with van der Waals surface area (Å²) in [6.07, 6.45) is 0. The molecule has 0 N–H and O–H groups in total. The minimum absolute atomic E-state index is 0.621. The van der Waals surface area contributed by atoms with E-state index in [2.05, 4.69) is 0 Å². The molecule has 0 aliphatic heterocycles. The summed E-state index contributed by atoms with van der Waals surface area (Å²) in [6, 6.07) is 5.82. The Bertz CT molecular complexity index is 786. The average molecular weight is 398 g/mol. The number of hydrogen-bond acceptors (Lipinski definition) is 5. The summed E-state index contributed by atoms with van der Waals surface area (Å²) in [7, 11) is 0. The molecule has 0 amide bonds. The van der Waals surface area contributed by atoms with Crippen molar-refractivity contribution in [2.24, 2.45) is 0 Å². The number of Topliss-reactive ketones (excluding diaryl/α,β-unsaturated/α-hetero) is 3. The van der Waals surface area contributed by atoms with Gasteiger partial charge >= 0.3 is 0 Å². The summed E-state index contributed by atoms with van der Waals surface area (Å²) in [4.78, 5) is 35.0. The Morgan fingerprint density at radius 3 is 1.25 bits per heavy atom. The summed E-state index contributed by atoms with van der Waals surface area (Å²) in [5.74, 6) is -6.89. The highest BCUT2D eigenvalue weighted by Crippen LogP contribution is 2.14. The Labute approximate surface area is 156 Å². The highest BCUT2D eigenvalue weighted by atomic mass is 19.1. The molecule has 0 bridgehead atoms. The van der Waals surface area contributed by atoms with Gasteiger partial charge in [-0.25, -0.2) is 17.6 Å². The molecule has 5 nitrogen and oxygen atoms in total. The van der Waals surface area contributed by atoms with Gasteiger partial charge in [0.2, 0.25) is 0 Å². The van der Waals surface area contributed by atoms with Crippen LogP contribution in [0.2, 0.25) is 0 Å². The molecule has 0 spiro atoms. The number of carbonyl (C=O) groups is 3. The number of ketones is 3. The zero-order valence-corrected chi connectivity index (χ0v) is 14.3. The molecule has 0 saturated heterocycles. The van der Waals surface area contributed by atoms with Crippen LogP contribution in [0.15, 0.2) is 36.4 Å². The summed E-state index contributed by atoms with van der Waals surface area (Å²) in [5, 5.41) is 0. The fraction of sp³-hybridized carbons (Fsp3) is 0.211. The second-order valence-electron chi connectivity index (χ2n) is 5.56. The van der Waals surface area contributed by atoms with E-state index in [-0.39, 0.29) is 0 Å². The molecule has 148 valence electrons. The predicted molar refractivity (Wildman–Crippen MR) is 88.0 cm³/mol. The lowest BCUT2D eigenvalue weighted by molar-refractivity contribution is -0.127. The van der Waals surface area contributed by atoms with Crippen LogP contribution in [0.5, 0.6) is 0 Å². The van der Waals surface area contributed by atoms with E-state index in [0.29, 0.717) is 0 Å². The van der Waals surface area contributed by atoms with Gasteiger partial charge in [-0.1, -0.05) is 12.1 Å². The van der Waals surface area contributed by atoms with Gasteiger partial charge in [0.25, 0.3) is 0 Å². The molecule has 0 saturated carbocycles. The van der Waals surface area contributed by atoms with Gasteiger partial charge in [-0.05, 0) is 24.3 Å². The number of hydrogen-bond donors (Lipinski definition) is 0. The van der Waals surface area contributed by atoms with Crippen LogP contribution < -0.4 is 0 Å². The van der Waals surface area contributed by atoms with E-state index in [1.165, 1.54) is 0 Å². The minimum atomic E-state index is -1.05. The lowest BCUT2D eigenvalue weighted by Crippen LogP contribution is -2.22. The first kappa shape index (κ1) is 21.4. The van der Waals surface area contributed by atoms with Gasteiger partial charge in [-0.3, -0.25) is 14.4 Å². The molecule has 2 rings (SSSR count). The maximum Gasteiger partial charge on any atom is 0.194 e. The normalized spacial score (nSPS) is 10.7. The van der Waals surface area contributed by atoms with Crippen molar-refractivity contribution in [3.8, 4) is 0 Å². The zero-order valence-electron chi connectivity index (χ0n) is 14.3. The van der Waals surface area contributed by atoms with Crippen LogP contribution in [0.1, 0.15) is 20.7 Å². The Morgan fingerprint density at radius 1 is 0.607 bits per heavy atom. The van der Waals surface area contributed by atoms with E-state index in [1.54, 1.807) is 0 Å². The third-order valence-electron chi connectivity index (χ3n) is 3.48. The van der Waals surface area contributed by atoms with Gasteiger partial charge in [-0.15, -0.1) is 0 Å². The summed E-state index contributed by atoms with van der Waals surface area (Å²) < 4.78 is 63.3. The third kappa shape index (κ3) is 5.54. The minimum Gasteiger partial charge on any atom is -0.365 e. The second-order valence-corrected chi connectivity index (χ2v) is 5.56. The molecule has 9 heteroatoms. The van der Waals surface area contributed by atoms with E-state index in [9.17, 15) is 31.9 Å². The second kappa shape index (κ2) is 9.86. The SMILES string of the molecule is O=C(COCC(=O)c1c(F)cccc1F)COCC(=O)c1c(F)cccc1F. The van der Waals surface area contributed by atoms with E-state index in [4.69, 9.17) is 9.47 Å². The van der Waals surface area contributed by atoms with Gasteiger partial charge in [-0.2, -0.15) is 0 Å². The highest BCUT2D eigenvalue weighted by Gasteiger charge is 2.19. The van der Waals surface area contributed by atoms with Crippen molar-refractivity contribution in [3.05, 3.63) is 70.8 Å². The lowest BCUT2D eigenvalue weighted by Gasteiger charge is -2.07. The number of benzene rings is 2. The largest absolute Gasteiger partial charge is 0.365 e. The van der Waals surface area contributed by atoms with Crippen LogP contribution in [-0.2, 0) is 14.3 Å². The maximum atomic E-state index is 13.4. The van der Waals surface area contributed by atoms with Gasteiger partial charge in [0.1, 0.15) is 49.7 Å². The molecule has 0 radical (unpaired) electrons. The summed E-state index contributed by atoms with van der Waals surface area (Å²) in [6.45, 7) is -2.74. The first-order valence-corrected chi connectivity index (χ1v) is 7.93. The Balaban J connectivity index is 1.75. The molecule has 0 unspecified atom stereocenters. The summed E-state index contributed by atoms with van der Waals surface area (Å²) in [5.41, 5.74) is -1.55. The van der Waals surface area contributed by atoms with Gasteiger partial charge in [0, 0.05) is 0 Å². The monoisotopic (exact) mass is 398 g/mol. The number of halogens is 4. The van der Waals surface area contributed by atoms with E-state index in [0.717, 1.165) is 36.4 Å².